The van der Waals surface area contributed by atoms with E-state index in [0.29, 0.717) is 11.4 Å². The average Bonchev–Trinajstić information content (AvgIpc) is 3.23. The van der Waals surface area contributed by atoms with E-state index in [0.717, 1.165) is 36.8 Å². The van der Waals surface area contributed by atoms with E-state index in [1.165, 1.54) is 4.31 Å². The SMILES string of the molecule is COc1ccc(N(CCC(=O)NC2CCCC2)S(=O)(=O)c2ccc(C)c(C)c2)cc1. The second-order valence-corrected chi connectivity index (χ2v) is 9.68. The molecule has 6 nitrogen and oxygen atoms in total. The van der Waals surface area contributed by atoms with Gasteiger partial charge in [-0.3, -0.25) is 9.10 Å². The summed E-state index contributed by atoms with van der Waals surface area (Å²) in [5.74, 6) is 0.525. The molecule has 1 aliphatic carbocycles. The molecule has 0 unspecified atom stereocenters. The first kappa shape index (κ1) is 22.2. The minimum atomic E-state index is -3.82. The number of benzene rings is 2. The fourth-order valence-corrected chi connectivity index (χ4v) is 5.26. The fraction of sp³-hybridized carbons (Fsp3) is 0.435. The molecule has 1 aliphatic rings. The Balaban J connectivity index is 1.85. The minimum Gasteiger partial charge on any atom is -0.497 e. The molecule has 2 aromatic rings. The number of aryl methyl sites for hydroxylation is 2. The molecule has 2 aromatic carbocycles. The van der Waals surface area contributed by atoms with Crippen molar-refractivity contribution in [3.63, 3.8) is 0 Å². The van der Waals surface area contributed by atoms with Crippen molar-refractivity contribution in [2.24, 2.45) is 0 Å². The first-order valence-corrected chi connectivity index (χ1v) is 11.8. The molecule has 0 radical (unpaired) electrons. The van der Waals surface area contributed by atoms with E-state index in [9.17, 15) is 13.2 Å². The van der Waals surface area contributed by atoms with Gasteiger partial charge in [0.05, 0.1) is 17.7 Å². The molecule has 0 aromatic heterocycles. The summed E-state index contributed by atoms with van der Waals surface area (Å²) in [6, 6.07) is 12.2. The van der Waals surface area contributed by atoms with Crippen molar-refractivity contribution < 1.29 is 17.9 Å². The Morgan fingerprint density at radius 2 is 1.73 bits per heavy atom. The lowest BCUT2D eigenvalue weighted by Gasteiger charge is -2.25. The maximum Gasteiger partial charge on any atom is 0.264 e. The average molecular weight is 431 g/mol. The molecule has 1 N–H and O–H groups in total. The Morgan fingerprint density at radius 3 is 2.33 bits per heavy atom. The second-order valence-electron chi connectivity index (χ2n) is 7.82. The van der Waals surface area contributed by atoms with Crippen LogP contribution < -0.4 is 14.4 Å². The highest BCUT2D eigenvalue weighted by molar-refractivity contribution is 7.92. The van der Waals surface area contributed by atoms with Crippen LogP contribution in [0, 0.1) is 13.8 Å². The number of rotatable bonds is 8. The van der Waals surface area contributed by atoms with Crippen molar-refractivity contribution in [1.82, 2.24) is 5.32 Å². The molecule has 1 amide bonds. The number of carbonyl (C=O) groups excluding carboxylic acids is 1. The first-order valence-electron chi connectivity index (χ1n) is 10.3. The molecule has 0 bridgehead atoms. The van der Waals surface area contributed by atoms with Crippen LogP contribution in [0.1, 0.15) is 43.2 Å². The van der Waals surface area contributed by atoms with Gasteiger partial charge in [0.2, 0.25) is 5.91 Å². The largest absolute Gasteiger partial charge is 0.497 e. The number of nitrogens with zero attached hydrogens (tertiary/aromatic N) is 1. The van der Waals surface area contributed by atoms with E-state index in [2.05, 4.69) is 5.32 Å². The van der Waals surface area contributed by atoms with E-state index in [4.69, 9.17) is 4.74 Å². The number of hydrogen-bond donors (Lipinski definition) is 1. The van der Waals surface area contributed by atoms with Crippen molar-refractivity contribution >= 4 is 21.6 Å². The summed E-state index contributed by atoms with van der Waals surface area (Å²) in [5, 5.41) is 3.03. The molecule has 0 saturated heterocycles. The van der Waals surface area contributed by atoms with Crippen molar-refractivity contribution in [3.8, 4) is 5.75 Å². The van der Waals surface area contributed by atoms with Gasteiger partial charge in [-0.15, -0.1) is 0 Å². The molecule has 1 saturated carbocycles. The number of ether oxygens (including phenoxy) is 1. The van der Waals surface area contributed by atoms with Gasteiger partial charge in [-0.2, -0.15) is 0 Å². The van der Waals surface area contributed by atoms with Gasteiger partial charge in [0.25, 0.3) is 10.0 Å². The Hall–Kier alpha value is -2.54. The standard InChI is InChI=1S/C23H30N2O4S/c1-17-8-13-22(16-18(17)2)30(27,28)25(20-9-11-21(29-3)12-10-20)15-14-23(26)24-19-6-4-5-7-19/h8-13,16,19H,4-7,14-15H2,1-3H3,(H,24,26). The van der Waals surface area contributed by atoms with Crippen LogP contribution in [0.4, 0.5) is 5.69 Å². The van der Waals surface area contributed by atoms with E-state index >= 15 is 0 Å². The van der Waals surface area contributed by atoms with E-state index in [-0.39, 0.29) is 29.8 Å². The molecule has 0 aliphatic heterocycles. The topological polar surface area (TPSA) is 75.7 Å². The highest BCUT2D eigenvalue weighted by atomic mass is 32.2. The number of amides is 1. The maximum atomic E-state index is 13.5. The zero-order chi connectivity index (χ0) is 21.7. The van der Waals surface area contributed by atoms with Crippen molar-refractivity contribution in [3.05, 3.63) is 53.6 Å². The number of carbonyl (C=O) groups is 1. The predicted molar refractivity (Wildman–Crippen MR) is 118 cm³/mol. The maximum absolute atomic E-state index is 13.5. The molecule has 162 valence electrons. The van der Waals surface area contributed by atoms with Crippen LogP contribution in [0.25, 0.3) is 0 Å². The van der Waals surface area contributed by atoms with Crippen LogP contribution >= 0.6 is 0 Å². The summed E-state index contributed by atoms with van der Waals surface area (Å²) in [4.78, 5) is 12.7. The third-order valence-corrected chi connectivity index (χ3v) is 7.51. The monoisotopic (exact) mass is 430 g/mol. The van der Waals surface area contributed by atoms with Crippen LogP contribution in [0.2, 0.25) is 0 Å². The summed E-state index contributed by atoms with van der Waals surface area (Å²) in [5.41, 5.74) is 2.44. The van der Waals surface area contributed by atoms with Gasteiger partial charge < -0.3 is 10.1 Å². The lowest BCUT2D eigenvalue weighted by atomic mass is 10.1. The van der Waals surface area contributed by atoms with Crippen LogP contribution in [-0.2, 0) is 14.8 Å². The quantitative estimate of drug-likeness (QED) is 0.688. The van der Waals surface area contributed by atoms with Gasteiger partial charge in [-0.05, 0) is 74.2 Å². The third-order valence-electron chi connectivity index (χ3n) is 5.69. The van der Waals surface area contributed by atoms with Gasteiger partial charge in [-0.1, -0.05) is 18.9 Å². The van der Waals surface area contributed by atoms with Crippen molar-refractivity contribution in [1.29, 1.82) is 0 Å². The van der Waals surface area contributed by atoms with Crippen LogP contribution in [-0.4, -0.2) is 34.0 Å². The van der Waals surface area contributed by atoms with Gasteiger partial charge in [0, 0.05) is 19.0 Å². The highest BCUT2D eigenvalue weighted by Crippen LogP contribution is 2.27. The normalized spacial score (nSPS) is 14.5. The summed E-state index contributed by atoms with van der Waals surface area (Å²) < 4.78 is 33.4. The van der Waals surface area contributed by atoms with Gasteiger partial charge in [-0.25, -0.2) is 8.42 Å². The van der Waals surface area contributed by atoms with Gasteiger partial charge in [0.1, 0.15) is 5.75 Å². The van der Waals surface area contributed by atoms with E-state index in [1.807, 2.05) is 13.8 Å². The molecular formula is C23H30N2O4S. The molecule has 0 spiro atoms. The summed E-state index contributed by atoms with van der Waals surface area (Å²) in [7, 11) is -2.26. The highest BCUT2D eigenvalue weighted by Gasteiger charge is 2.26. The summed E-state index contributed by atoms with van der Waals surface area (Å²) in [6.07, 6.45) is 4.35. The zero-order valence-corrected chi connectivity index (χ0v) is 18.7. The molecule has 1 fully saturated rings. The molecular weight excluding hydrogens is 400 g/mol. The molecule has 3 rings (SSSR count). The third kappa shape index (κ3) is 5.14. The zero-order valence-electron chi connectivity index (χ0n) is 17.8. The number of methoxy groups -OCH3 is 1. The lowest BCUT2D eigenvalue weighted by Crippen LogP contribution is -2.38. The summed E-state index contributed by atoms with van der Waals surface area (Å²) in [6.45, 7) is 3.90. The smallest absolute Gasteiger partial charge is 0.264 e. The Bertz CT molecular complexity index is 981. The Kier molecular flexibility index (Phi) is 7.02. The summed E-state index contributed by atoms with van der Waals surface area (Å²) >= 11 is 0. The first-order chi connectivity index (χ1) is 14.3. The van der Waals surface area contributed by atoms with Gasteiger partial charge in [0.15, 0.2) is 0 Å². The van der Waals surface area contributed by atoms with Crippen molar-refractivity contribution in [2.75, 3.05) is 18.0 Å². The number of nitrogens with one attached hydrogen (secondary N) is 1. The Morgan fingerprint density at radius 1 is 1.07 bits per heavy atom. The van der Waals surface area contributed by atoms with Crippen LogP contribution in [0.3, 0.4) is 0 Å². The molecule has 0 atom stereocenters. The van der Waals surface area contributed by atoms with E-state index < -0.39 is 10.0 Å². The van der Waals surface area contributed by atoms with Crippen LogP contribution in [0.15, 0.2) is 47.4 Å². The van der Waals surface area contributed by atoms with Crippen molar-refractivity contribution in [2.45, 2.75) is 56.9 Å². The van der Waals surface area contributed by atoms with Crippen LogP contribution in [0.5, 0.6) is 5.75 Å². The lowest BCUT2D eigenvalue weighted by molar-refractivity contribution is -0.121. The number of hydrogen-bond acceptors (Lipinski definition) is 4. The molecule has 0 heterocycles. The number of sulfonamides is 1. The van der Waals surface area contributed by atoms with E-state index in [1.54, 1.807) is 49.6 Å². The van der Waals surface area contributed by atoms with Gasteiger partial charge >= 0.3 is 0 Å². The second kappa shape index (κ2) is 9.51. The number of anilines is 1. The fourth-order valence-electron chi connectivity index (χ4n) is 3.71. The molecule has 7 heteroatoms. The molecule has 30 heavy (non-hydrogen) atoms. The predicted octanol–water partition coefficient (Wildman–Crippen LogP) is 3.96. The Labute approximate surface area is 179 Å². The minimum absolute atomic E-state index is 0.0696.